The third-order valence-corrected chi connectivity index (χ3v) is 2.36. The zero-order valence-electron chi connectivity index (χ0n) is 9.77. The van der Waals surface area contributed by atoms with Crippen LogP contribution >= 0.6 is 0 Å². The lowest BCUT2D eigenvalue weighted by Crippen LogP contribution is -2.19. The molecule has 0 saturated heterocycles. The van der Waals surface area contributed by atoms with Crippen LogP contribution < -0.4 is 5.32 Å². The number of aromatic nitrogens is 2. The molecule has 0 amide bonds. The molecule has 2 aromatic rings. The first-order valence-electron chi connectivity index (χ1n) is 5.67. The number of rotatable bonds is 4. The molecule has 3 heteroatoms. The minimum atomic E-state index is 0.661. The topological polar surface area (TPSA) is 37.8 Å². The average molecular weight is 215 g/mol. The first-order valence-corrected chi connectivity index (χ1v) is 5.67. The van der Waals surface area contributed by atoms with Gasteiger partial charge in [0.1, 0.15) is 0 Å². The fourth-order valence-corrected chi connectivity index (χ4v) is 1.57. The summed E-state index contributed by atoms with van der Waals surface area (Å²) in [5.41, 5.74) is 2.92. The maximum atomic E-state index is 4.55. The lowest BCUT2D eigenvalue weighted by Gasteiger charge is -2.07. The molecule has 0 bridgehead atoms. The molecule has 1 heterocycles. The van der Waals surface area contributed by atoms with E-state index >= 15 is 0 Å². The van der Waals surface area contributed by atoms with Gasteiger partial charge in [0, 0.05) is 6.54 Å². The molecule has 0 aliphatic rings. The SMILES string of the molecule is CC(C)CNCc1cnc2ccccc2n1. The number of fused-ring (bicyclic) bond motifs is 1. The molecule has 0 radical (unpaired) electrons. The quantitative estimate of drug-likeness (QED) is 0.851. The van der Waals surface area contributed by atoms with Gasteiger partial charge < -0.3 is 5.32 Å². The van der Waals surface area contributed by atoms with Gasteiger partial charge in [0.05, 0.1) is 22.9 Å². The zero-order chi connectivity index (χ0) is 11.4. The highest BCUT2D eigenvalue weighted by molar-refractivity contribution is 5.73. The molecule has 84 valence electrons. The monoisotopic (exact) mass is 215 g/mol. The third kappa shape index (κ3) is 2.76. The van der Waals surface area contributed by atoms with Crippen LogP contribution in [0.1, 0.15) is 19.5 Å². The molecule has 0 aliphatic heterocycles. The van der Waals surface area contributed by atoms with Gasteiger partial charge in [-0.05, 0) is 24.6 Å². The van der Waals surface area contributed by atoms with Crippen LogP contribution in [-0.4, -0.2) is 16.5 Å². The van der Waals surface area contributed by atoms with E-state index in [2.05, 4.69) is 29.1 Å². The Morgan fingerprint density at radius 2 is 1.94 bits per heavy atom. The van der Waals surface area contributed by atoms with Crippen molar-refractivity contribution in [1.29, 1.82) is 0 Å². The smallest absolute Gasteiger partial charge is 0.0890 e. The molecule has 1 N–H and O–H groups in total. The van der Waals surface area contributed by atoms with Gasteiger partial charge in [0.25, 0.3) is 0 Å². The van der Waals surface area contributed by atoms with Crippen LogP contribution in [0.2, 0.25) is 0 Å². The molecule has 0 fully saturated rings. The largest absolute Gasteiger partial charge is 0.311 e. The second-order valence-corrected chi connectivity index (χ2v) is 4.37. The van der Waals surface area contributed by atoms with E-state index in [4.69, 9.17) is 0 Å². The first kappa shape index (κ1) is 11.0. The van der Waals surface area contributed by atoms with Gasteiger partial charge in [-0.25, -0.2) is 4.98 Å². The van der Waals surface area contributed by atoms with Crippen molar-refractivity contribution in [2.75, 3.05) is 6.54 Å². The van der Waals surface area contributed by atoms with Crippen LogP contribution in [0.4, 0.5) is 0 Å². The fourth-order valence-electron chi connectivity index (χ4n) is 1.57. The van der Waals surface area contributed by atoms with Crippen molar-refractivity contribution in [3.8, 4) is 0 Å². The third-order valence-electron chi connectivity index (χ3n) is 2.36. The summed E-state index contributed by atoms with van der Waals surface area (Å²) in [5.74, 6) is 0.661. The van der Waals surface area contributed by atoms with Crippen molar-refractivity contribution < 1.29 is 0 Å². The second kappa shape index (κ2) is 5.03. The summed E-state index contributed by atoms with van der Waals surface area (Å²) in [5, 5.41) is 3.36. The van der Waals surface area contributed by atoms with Crippen LogP contribution in [0.15, 0.2) is 30.5 Å². The van der Waals surface area contributed by atoms with E-state index in [1.54, 1.807) is 0 Å². The highest BCUT2D eigenvalue weighted by Gasteiger charge is 1.99. The van der Waals surface area contributed by atoms with Crippen molar-refractivity contribution in [2.45, 2.75) is 20.4 Å². The van der Waals surface area contributed by atoms with Crippen LogP contribution in [0.3, 0.4) is 0 Å². The van der Waals surface area contributed by atoms with Crippen molar-refractivity contribution in [2.24, 2.45) is 5.92 Å². The van der Waals surface area contributed by atoms with Crippen molar-refractivity contribution in [1.82, 2.24) is 15.3 Å². The number of hydrogen-bond acceptors (Lipinski definition) is 3. The molecule has 0 unspecified atom stereocenters. The summed E-state index contributed by atoms with van der Waals surface area (Å²) in [4.78, 5) is 8.92. The number of benzene rings is 1. The van der Waals surface area contributed by atoms with Gasteiger partial charge in [-0.15, -0.1) is 0 Å². The van der Waals surface area contributed by atoms with Crippen LogP contribution in [0.25, 0.3) is 11.0 Å². The van der Waals surface area contributed by atoms with E-state index < -0.39 is 0 Å². The molecule has 3 nitrogen and oxygen atoms in total. The second-order valence-electron chi connectivity index (χ2n) is 4.37. The maximum Gasteiger partial charge on any atom is 0.0890 e. The minimum Gasteiger partial charge on any atom is -0.311 e. The van der Waals surface area contributed by atoms with E-state index in [0.29, 0.717) is 5.92 Å². The molecule has 2 rings (SSSR count). The first-order chi connectivity index (χ1) is 7.75. The Hall–Kier alpha value is -1.48. The highest BCUT2D eigenvalue weighted by atomic mass is 14.9. The Morgan fingerprint density at radius 1 is 1.19 bits per heavy atom. The number of para-hydroxylation sites is 2. The average Bonchev–Trinajstić information content (AvgIpc) is 2.28. The van der Waals surface area contributed by atoms with Crippen LogP contribution in [0, 0.1) is 5.92 Å². The van der Waals surface area contributed by atoms with Gasteiger partial charge in [-0.1, -0.05) is 26.0 Å². The molecule has 0 saturated carbocycles. The summed E-state index contributed by atoms with van der Waals surface area (Å²) < 4.78 is 0. The van der Waals surface area contributed by atoms with Crippen LogP contribution in [-0.2, 0) is 6.54 Å². The summed E-state index contributed by atoms with van der Waals surface area (Å²) >= 11 is 0. The van der Waals surface area contributed by atoms with E-state index in [9.17, 15) is 0 Å². The number of nitrogens with zero attached hydrogens (tertiary/aromatic N) is 2. The van der Waals surface area contributed by atoms with Crippen LogP contribution in [0.5, 0.6) is 0 Å². The summed E-state index contributed by atoms with van der Waals surface area (Å²) in [6.07, 6.45) is 1.84. The highest BCUT2D eigenvalue weighted by Crippen LogP contribution is 2.08. The predicted molar refractivity (Wildman–Crippen MR) is 66.1 cm³/mol. The van der Waals surface area contributed by atoms with Gasteiger partial charge in [-0.3, -0.25) is 4.98 Å². The molecule has 0 spiro atoms. The Morgan fingerprint density at radius 3 is 2.69 bits per heavy atom. The molecule has 1 aromatic carbocycles. The number of hydrogen-bond donors (Lipinski definition) is 1. The lowest BCUT2D eigenvalue weighted by atomic mass is 10.2. The predicted octanol–water partition coefficient (Wildman–Crippen LogP) is 2.38. The Balaban J connectivity index is 2.08. The van der Waals surface area contributed by atoms with Gasteiger partial charge in [-0.2, -0.15) is 0 Å². The number of nitrogens with one attached hydrogen (secondary N) is 1. The molecular weight excluding hydrogens is 198 g/mol. The van der Waals surface area contributed by atoms with E-state index in [1.165, 1.54) is 0 Å². The van der Waals surface area contributed by atoms with Gasteiger partial charge in [0.15, 0.2) is 0 Å². The van der Waals surface area contributed by atoms with E-state index in [0.717, 1.165) is 29.8 Å². The summed E-state index contributed by atoms with van der Waals surface area (Å²) in [6.45, 7) is 6.18. The minimum absolute atomic E-state index is 0.661. The van der Waals surface area contributed by atoms with Crippen molar-refractivity contribution in [3.63, 3.8) is 0 Å². The lowest BCUT2D eigenvalue weighted by molar-refractivity contribution is 0.548. The zero-order valence-corrected chi connectivity index (χ0v) is 9.77. The van der Waals surface area contributed by atoms with Crippen molar-refractivity contribution >= 4 is 11.0 Å². The Bertz CT molecular complexity index is 465. The Kier molecular flexibility index (Phi) is 3.47. The molecule has 0 atom stereocenters. The normalized spacial score (nSPS) is 11.2. The van der Waals surface area contributed by atoms with Crippen molar-refractivity contribution in [3.05, 3.63) is 36.2 Å². The molecule has 0 aliphatic carbocycles. The molecular formula is C13H17N3. The van der Waals surface area contributed by atoms with E-state index in [1.807, 2.05) is 30.5 Å². The molecule has 1 aromatic heterocycles. The fraction of sp³-hybridized carbons (Fsp3) is 0.385. The van der Waals surface area contributed by atoms with Gasteiger partial charge in [0.2, 0.25) is 0 Å². The van der Waals surface area contributed by atoms with E-state index in [-0.39, 0.29) is 0 Å². The standard InChI is InChI=1S/C13H17N3/c1-10(2)7-14-8-11-9-15-12-5-3-4-6-13(12)16-11/h3-6,9-10,14H,7-8H2,1-2H3. The molecule has 16 heavy (non-hydrogen) atoms. The summed E-state index contributed by atoms with van der Waals surface area (Å²) in [6, 6.07) is 7.94. The Labute approximate surface area is 95.9 Å². The summed E-state index contributed by atoms with van der Waals surface area (Å²) in [7, 11) is 0. The maximum absolute atomic E-state index is 4.55. The van der Waals surface area contributed by atoms with Gasteiger partial charge >= 0.3 is 0 Å².